The third-order valence-corrected chi connectivity index (χ3v) is 2.95. The van der Waals surface area contributed by atoms with Crippen LogP contribution in [0.4, 0.5) is 5.82 Å². The first kappa shape index (κ1) is 15.2. The second kappa shape index (κ2) is 5.85. The average molecular weight is 272 g/mol. The van der Waals surface area contributed by atoms with E-state index in [1.165, 1.54) is 6.33 Å². The highest BCUT2D eigenvalue weighted by atomic mass is 35.5. The monoisotopic (exact) mass is 271 g/mol. The van der Waals surface area contributed by atoms with E-state index in [9.17, 15) is 5.11 Å². The smallest absolute Gasteiger partial charge is 0.138 e. The Bertz CT molecular complexity index is 402. The molecule has 0 aliphatic carbocycles. The van der Waals surface area contributed by atoms with Crippen molar-refractivity contribution in [2.24, 2.45) is 0 Å². The van der Waals surface area contributed by atoms with Crippen LogP contribution in [0.25, 0.3) is 0 Å². The number of rotatable bonds is 5. The van der Waals surface area contributed by atoms with Crippen molar-refractivity contribution in [3.05, 3.63) is 17.0 Å². The molecule has 0 bridgehead atoms. The molecule has 1 aromatic heterocycles. The van der Waals surface area contributed by atoms with E-state index in [0.717, 1.165) is 17.9 Å². The summed E-state index contributed by atoms with van der Waals surface area (Å²) in [4.78, 5) is 10.4. The highest BCUT2D eigenvalue weighted by molar-refractivity contribution is 6.30. The van der Waals surface area contributed by atoms with Gasteiger partial charge in [0.15, 0.2) is 0 Å². The molecular weight excluding hydrogens is 250 g/mol. The zero-order chi connectivity index (χ0) is 13.9. The molecule has 5 heteroatoms. The van der Waals surface area contributed by atoms with Crippen LogP contribution in [0.2, 0.25) is 5.15 Å². The van der Waals surface area contributed by atoms with Gasteiger partial charge in [-0.05, 0) is 26.7 Å². The maximum atomic E-state index is 9.96. The summed E-state index contributed by atoms with van der Waals surface area (Å²) in [6.45, 7) is 11.0. The SMILES string of the molecule is CCN(CC(C)(C)O)c1ncnc(Cl)c1C(C)C. The molecule has 0 aliphatic rings. The molecule has 0 aliphatic heterocycles. The summed E-state index contributed by atoms with van der Waals surface area (Å²) in [6, 6.07) is 0. The van der Waals surface area contributed by atoms with Crippen molar-refractivity contribution < 1.29 is 5.11 Å². The zero-order valence-electron chi connectivity index (χ0n) is 11.7. The van der Waals surface area contributed by atoms with E-state index < -0.39 is 5.60 Å². The van der Waals surface area contributed by atoms with Crippen LogP contribution < -0.4 is 4.90 Å². The number of nitrogens with zero attached hydrogens (tertiary/aromatic N) is 3. The molecular formula is C13H22ClN3O. The summed E-state index contributed by atoms with van der Waals surface area (Å²) in [5.74, 6) is 1.05. The quantitative estimate of drug-likeness (QED) is 0.837. The summed E-state index contributed by atoms with van der Waals surface area (Å²) in [5, 5.41) is 10.5. The fraction of sp³-hybridized carbons (Fsp3) is 0.692. The fourth-order valence-electron chi connectivity index (χ4n) is 1.92. The Kier molecular flexibility index (Phi) is 4.93. The minimum atomic E-state index is -0.776. The number of aromatic nitrogens is 2. The van der Waals surface area contributed by atoms with E-state index in [4.69, 9.17) is 11.6 Å². The normalized spacial score (nSPS) is 12.0. The lowest BCUT2D eigenvalue weighted by Crippen LogP contribution is -2.39. The van der Waals surface area contributed by atoms with Crippen LogP contribution >= 0.6 is 11.6 Å². The third-order valence-electron chi connectivity index (χ3n) is 2.65. The topological polar surface area (TPSA) is 49.2 Å². The van der Waals surface area contributed by atoms with Crippen molar-refractivity contribution in [1.82, 2.24) is 9.97 Å². The molecule has 1 aromatic rings. The summed E-state index contributed by atoms with van der Waals surface area (Å²) < 4.78 is 0. The standard InChI is InChI=1S/C13H22ClN3O/c1-6-17(7-13(4,5)18)12-10(9(2)3)11(14)15-8-16-12/h8-9,18H,6-7H2,1-5H3. The molecule has 1 heterocycles. The average Bonchev–Trinajstić information content (AvgIpc) is 2.23. The molecule has 1 N–H and O–H groups in total. The lowest BCUT2D eigenvalue weighted by molar-refractivity contribution is 0.0873. The molecule has 0 saturated carbocycles. The maximum Gasteiger partial charge on any atom is 0.138 e. The molecule has 18 heavy (non-hydrogen) atoms. The molecule has 0 atom stereocenters. The Labute approximate surface area is 114 Å². The van der Waals surface area contributed by atoms with E-state index in [2.05, 4.69) is 23.8 Å². The Morgan fingerprint density at radius 1 is 1.39 bits per heavy atom. The first-order valence-corrected chi connectivity index (χ1v) is 6.61. The fourth-order valence-corrected chi connectivity index (χ4v) is 2.26. The molecule has 0 amide bonds. The number of hydrogen-bond donors (Lipinski definition) is 1. The highest BCUT2D eigenvalue weighted by Crippen LogP contribution is 2.30. The van der Waals surface area contributed by atoms with Crippen molar-refractivity contribution >= 4 is 17.4 Å². The van der Waals surface area contributed by atoms with Gasteiger partial charge in [-0.15, -0.1) is 0 Å². The number of likely N-dealkylation sites (N-methyl/N-ethyl adjacent to an activating group) is 1. The van der Waals surface area contributed by atoms with Gasteiger partial charge in [0.05, 0.1) is 5.60 Å². The molecule has 0 saturated heterocycles. The van der Waals surface area contributed by atoms with Gasteiger partial charge in [-0.2, -0.15) is 0 Å². The minimum Gasteiger partial charge on any atom is -0.389 e. The van der Waals surface area contributed by atoms with Gasteiger partial charge < -0.3 is 10.0 Å². The summed E-state index contributed by atoms with van der Waals surface area (Å²) in [7, 11) is 0. The first-order chi connectivity index (χ1) is 8.26. The van der Waals surface area contributed by atoms with Crippen molar-refractivity contribution in [3.8, 4) is 0 Å². The molecule has 0 unspecified atom stereocenters. The van der Waals surface area contributed by atoms with Crippen LogP contribution in [0.5, 0.6) is 0 Å². The van der Waals surface area contributed by atoms with E-state index in [-0.39, 0.29) is 5.92 Å². The number of aliphatic hydroxyl groups is 1. The van der Waals surface area contributed by atoms with Crippen LogP contribution in [-0.4, -0.2) is 33.8 Å². The largest absolute Gasteiger partial charge is 0.389 e. The molecule has 1 rings (SSSR count). The lowest BCUT2D eigenvalue weighted by atomic mass is 10.0. The van der Waals surface area contributed by atoms with Crippen molar-refractivity contribution in [2.75, 3.05) is 18.0 Å². The van der Waals surface area contributed by atoms with Crippen molar-refractivity contribution in [2.45, 2.75) is 46.1 Å². The molecule has 102 valence electrons. The summed E-state index contributed by atoms with van der Waals surface area (Å²) in [5.41, 5.74) is 0.159. The van der Waals surface area contributed by atoms with Crippen LogP contribution in [0.1, 0.15) is 46.1 Å². The number of halogens is 1. The van der Waals surface area contributed by atoms with Gasteiger partial charge in [0.1, 0.15) is 17.3 Å². The van der Waals surface area contributed by atoms with E-state index in [1.807, 2.05) is 11.8 Å². The molecule has 0 spiro atoms. The second-order valence-electron chi connectivity index (χ2n) is 5.38. The Balaban J connectivity index is 3.17. The minimum absolute atomic E-state index is 0.240. The van der Waals surface area contributed by atoms with Crippen LogP contribution in [0.15, 0.2) is 6.33 Å². The molecule has 0 radical (unpaired) electrons. The molecule has 0 fully saturated rings. The predicted molar refractivity (Wildman–Crippen MR) is 75.3 cm³/mol. The van der Waals surface area contributed by atoms with Crippen molar-refractivity contribution in [1.29, 1.82) is 0 Å². The second-order valence-corrected chi connectivity index (χ2v) is 5.74. The van der Waals surface area contributed by atoms with Crippen molar-refractivity contribution in [3.63, 3.8) is 0 Å². The number of hydrogen-bond acceptors (Lipinski definition) is 4. The lowest BCUT2D eigenvalue weighted by Gasteiger charge is -2.31. The van der Waals surface area contributed by atoms with Crippen LogP contribution in [0, 0.1) is 0 Å². The summed E-state index contributed by atoms with van der Waals surface area (Å²) >= 11 is 6.16. The van der Waals surface area contributed by atoms with Gasteiger partial charge in [-0.3, -0.25) is 0 Å². The Morgan fingerprint density at radius 3 is 2.44 bits per heavy atom. The van der Waals surface area contributed by atoms with Gasteiger partial charge in [-0.25, -0.2) is 9.97 Å². The Hall–Kier alpha value is -0.870. The first-order valence-electron chi connectivity index (χ1n) is 6.24. The van der Waals surface area contributed by atoms with Crippen LogP contribution in [0.3, 0.4) is 0 Å². The van der Waals surface area contributed by atoms with Gasteiger partial charge in [0.2, 0.25) is 0 Å². The van der Waals surface area contributed by atoms with E-state index >= 15 is 0 Å². The molecule has 0 aromatic carbocycles. The van der Waals surface area contributed by atoms with Gasteiger partial charge in [-0.1, -0.05) is 25.4 Å². The number of anilines is 1. The molecule has 4 nitrogen and oxygen atoms in total. The zero-order valence-corrected chi connectivity index (χ0v) is 12.5. The van der Waals surface area contributed by atoms with Gasteiger partial charge in [0, 0.05) is 18.7 Å². The summed E-state index contributed by atoms with van der Waals surface area (Å²) in [6.07, 6.45) is 1.47. The maximum absolute atomic E-state index is 9.96. The van der Waals surface area contributed by atoms with E-state index in [0.29, 0.717) is 11.7 Å². The highest BCUT2D eigenvalue weighted by Gasteiger charge is 2.23. The van der Waals surface area contributed by atoms with Gasteiger partial charge >= 0.3 is 0 Å². The van der Waals surface area contributed by atoms with Crippen LogP contribution in [-0.2, 0) is 0 Å². The predicted octanol–water partition coefficient (Wildman–Crippen LogP) is 2.85. The third kappa shape index (κ3) is 3.82. The Morgan fingerprint density at radius 2 is 2.00 bits per heavy atom. The van der Waals surface area contributed by atoms with Gasteiger partial charge in [0.25, 0.3) is 0 Å². The van der Waals surface area contributed by atoms with E-state index in [1.54, 1.807) is 13.8 Å².